The monoisotopic (exact) mass is 737 g/mol. The van der Waals surface area contributed by atoms with Crippen LogP contribution >= 0.6 is 0 Å². The van der Waals surface area contributed by atoms with Gasteiger partial charge in [0.15, 0.2) is 0 Å². The maximum Gasteiger partial charge on any atom is 0.296 e. The number of nitrogens with two attached hydrogens (primary N) is 1. The Kier molecular flexibility index (Phi) is 10.8. The van der Waals surface area contributed by atoms with Crippen molar-refractivity contribution in [2.24, 2.45) is 15.4 Å². The van der Waals surface area contributed by atoms with Gasteiger partial charge in [-0.1, -0.05) is 13.8 Å². The highest BCUT2D eigenvalue weighted by Crippen LogP contribution is 2.46. The number of nitroso groups, excluding NO2 is 1. The maximum absolute atomic E-state index is 12.8. The zero-order valence-electron chi connectivity index (χ0n) is 26.3. The van der Waals surface area contributed by atoms with E-state index in [9.17, 15) is 39.3 Å². The molecule has 0 aliphatic rings. The van der Waals surface area contributed by atoms with Gasteiger partial charge in [0.05, 0.1) is 35.4 Å². The van der Waals surface area contributed by atoms with Gasteiger partial charge in [0.2, 0.25) is 10.0 Å². The number of nitrogen functional groups attached to an aromatic ring is 1. The summed E-state index contributed by atoms with van der Waals surface area (Å²) in [4.78, 5) is 10.5. The van der Waals surface area contributed by atoms with E-state index in [4.69, 9.17) is 15.2 Å². The lowest BCUT2D eigenvalue weighted by molar-refractivity contribution is 0.405. The standard InChI is InChI=1S/C28H31N7O11S3/c1-5-35(6-2)47(37,38)18-9-7-17(8-10-18)30-31-21-14-24(46-4)22(15-23(21)45-3)32-33-27-25(49(42,43)44)12-16-11-19(48(39,40)41)13-20(29)26(16)28(27)34-36/h7-15,30-31H,5-6,29H2,1-4H3,(H,39,40,41)(H,42,43,44). The Hall–Kier alpha value is -4.93. The molecular formula is C28H31N7O11S3. The molecule has 0 aliphatic heterocycles. The first-order valence-corrected chi connectivity index (χ1v) is 18.3. The van der Waals surface area contributed by atoms with E-state index in [1.807, 2.05) is 0 Å². The molecule has 0 saturated carbocycles. The molecular weight excluding hydrogens is 707 g/mol. The van der Waals surface area contributed by atoms with E-state index in [0.717, 1.165) is 18.2 Å². The van der Waals surface area contributed by atoms with Gasteiger partial charge in [0, 0.05) is 36.3 Å². The fourth-order valence-electron chi connectivity index (χ4n) is 4.75. The lowest BCUT2D eigenvalue weighted by Crippen LogP contribution is -2.30. The summed E-state index contributed by atoms with van der Waals surface area (Å²) >= 11 is 0. The first-order valence-electron chi connectivity index (χ1n) is 14.0. The number of hydrogen-bond acceptors (Lipinski definition) is 15. The fourth-order valence-corrected chi connectivity index (χ4v) is 7.41. The highest BCUT2D eigenvalue weighted by atomic mass is 32.2. The molecule has 4 aromatic carbocycles. The van der Waals surface area contributed by atoms with Crippen molar-refractivity contribution >= 4 is 75.2 Å². The van der Waals surface area contributed by atoms with E-state index in [2.05, 4.69) is 26.3 Å². The lowest BCUT2D eigenvalue weighted by Gasteiger charge is -2.19. The van der Waals surface area contributed by atoms with Gasteiger partial charge in [-0.05, 0) is 53.0 Å². The smallest absolute Gasteiger partial charge is 0.296 e. The minimum atomic E-state index is -5.13. The molecule has 0 aromatic heterocycles. The molecule has 0 amide bonds. The van der Waals surface area contributed by atoms with E-state index in [0.29, 0.717) is 24.5 Å². The van der Waals surface area contributed by atoms with E-state index in [1.54, 1.807) is 26.0 Å². The Morgan fingerprint density at radius 3 is 1.94 bits per heavy atom. The molecule has 0 bridgehead atoms. The summed E-state index contributed by atoms with van der Waals surface area (Å²) in [6, 6.07) is 11.3. The highest BCUT2D eigenvalue weighted by Gasteiger charge is 2.26. The quantitative estimate of drug-likeness (QED) is 0.0365. The molecule has 6 N–H and O–H groups in total. The molecule has 49 heavy (non-hydrogen) atoms. The number of fused-ring (bicyclic) bond motifs is 1. The minimum absolute atomic E-state index is 0.0382. The number of anilines is 3. The molecule has 0 unspecified atom stereocenters. The lowest BCUT2D eigenvalue weighted by atomic mass is 10.1. The van der Waals surface area contributed by atoms with Crippen molar-refractivity contribution in [1.82, 2.24) is 4.31 Å². The normalized spacial score (nSPS) is 12.4. The van der Waals surface area contributed by atoms with Crippen LogP contribution in [0.15, 0.2) is 84.7 Å². The van der Waals surface area contributed by atoms with Crippen LogP contribution in [0.3, 0.4) is 0 Å². The number of azo groups is 1. The molecule has 0 fully saturated rings. The Morgan fingerprint density at radius 2 is 1.41 bits per heavy atom. The molecule has 4 rings (SSSR count). The molecule has 0 radical (unpaired) electrons. The zero-order valence-corrected chi connectivity index (χ0v) is 28.7. The summed E-state index contributed by atoms with van der Waals surface area (Å²) in [5, 5.41) is 10.2. The molecule has 21 heteroatoms. The Balaban J connectivity index is 1.73. The maximum atomic E-state index is 12.8. The second-order valence-corrected chi connectivity index (χ2v) is 14.8. The summed E-state index contributed by atoms with van der Waals surface area (Å²) in [6.07, 6.45) is 0. The van der Waals surface area contributed by atoms with Crippen molar-refractivity contribution in [2.75, 3.05) is 43.9 Å². The fraction of sp³-hybridized carbons (Fsp3) is 0.214. The Morgan fingerprint density at radius 1 is 0.776 bits per heavy atom. The number of ether oxygens (including phenoxy) is 2. The van der Waals surface area contributed by atoms with Crippen molar-refractivity contribution < 1.29 is 43.8 Å². The Bertz CT molecular complexity index is 2280. The van der Waals surface area contributed by atoms with E-state index >= 15 is 0 Å². The van der Waals surface area contributed by atoms with Crippen LogP contribution in [0.25, 0.3) is 10.8 Å². The number of hydrazine groups is 1. The van der Waals surface area contributed by atoms with Gasteiger partial charge in [-0.3, -0.25) is 14.5 Å². The number of hydrogen-bond donors (Lipinski definition) is 5. The van der Waals surface area contributed by atoms with Crippen LogP contribution in [-0.4, -0.2) is 66.0 Å². The van der Waals surface area contributed by atoms with Crippen LogP contribution in [0, 0.1) is 4.91 Å². The predicted molar refractivity (Wildman–Crippen MR) is 181 cm³/mol. The van der Waals surface area contributed by atoms with Gasteiger partial charge in [0.1, 0.15) is 33.5 Å². The van der Waals surface area contributed by atoms with Gasteiger partial charge in [0.25, 0.3) is 20.2 Å². The number of benzene rings is 4. The Labute approximate surface area is 281 Å². The summed E-state index contributed by atoms with van der Waals surface area (Å²) in [7, 11) is -10.9. The van der Waals surface area contributed by atoms with Gasteiger partial charge >= 0.3 is 0 Å². The highest BCUT2D eigenvalue weighted by molar-refractivity contribution is 7.89. The summed E-state index contributed by atoms with van der Waals surface area (Å²) in [6.45, 7) is 4.15. The van der Waals surface area contributed by atoms with Crippen molar-refractivity contribution in [2.45, 2.75) is 28.5 Å². The third-order valence-corrected chi connectivity index (χ3v) is 10.9. The number of nitrogens with one attached hydrogen (secondary N) is 2. The van der Waals surface area contributed by atoms with Gasteiger partial charge in [-0.25, -0.2) is 8.42 Å². The van der Waals surface area contributed by atoms with Crippen LogP contribution in [-0.2, 0) is 30.3 Å². The summed E-state index contributed by atoms with van der Waals surface area (Å²) in [5.74, 6) is 0.244. The van der Waals surface area contributed by atoms with Crippen molar-refractivity contribution in [3.63, 3.8) is 0 Å². The van der Waals surface area contributed by atoms with Crippen molar-refractivity contribution in [3.05, 3.63) is 59.5 Å². The zero-order chi connectivity index (χ0) is 36.3. The predicted octanol–water partition coefficient (Wildman–Crippen LogP) is 5.22. The number of methoxy groups -OCH3 is 2. The molecule has 0 heterocycles. The van der Waals surface area contributed by atoms with Crippen LogP contribution in [0.5, 0.6) is 11.5 Å². The van der Waals surface area contributed by atoms with Crippen molar-refractivity contribution in [1.29, 1.82) is 0 Å². The van der Waals surface area contributed by atoms with Crippen LogP contribution < -0.4 is 26.1 Å². The van der Waals surface area contributed by atoms with Gasteiger partial charge < -0.3 is 20.6 Å². The first-order chi connectivity index (χ1) is 23.0. The molecule has 0 saturated heterocycles. The van der Waals surface area contributed by atoms with E-state index < -0.39 is 51.4 Å². The average molecular weight is 738 g/mol. The number of rotatable bonds is 14. The van der Waals surface area contributed by atoms with E-state index in [-0.39, 0.29) is 38.5 Å². The third-order valence-electron chi connectivity index (χ3n) is 7.12. The van der Waals surface area contributed by atoms with Crippen LogP contribution in [0.2, 0.25) is 0 Å². The molecule has 18 nitrogen and oxygen atoms in total. The molecule has 4 aromatic rings. The van der Waals surface area contributed by atoms with Gasteiger partial charge in [-0.2, -0.15) is 21.1 Å². The largest absolute Gasteiger partial charge is 0.494 e. The second kappa shape index (κ2) is 14.3. The average Bonchev–Trinajstić information content (AvgIpc) is 3.05. The summed E-state index contributed by atoms with van der Waals surface area (Å²) < 4.78 is 105. The molecule has 0 spiro atoms. The third kappa shape index (κ3) is 7.71. The molecule has 0 aliphatic carbocycles. The van der Waals surface area contributed by atoms with E-state index in [1.165, 1.54) is 42.8 Å². The molecule has 262 valence electrons. The number of sulfonamides is 1. The summed E-state index contributed by atoms with van der Waals surface area (Å²) in [5.41, 5.74) is 10.8. The van der Waals surface area contributed by atoms with Gasteiger partial charge in [-0.15, -0.1) is 15.1 Å². The second-order valence-electron chi connectivity index (χ2n) is 10.0. The van der Waals surface area contributed by atoms with Crippen molar-refractivity contribution in [3.8, 4) is 11.5 Å². The van der Waals surface area contributed by atoms with Crippen LogP contribution in [0.4, 0.5) is 34.1 Å². The van der Waals surface area contributed by atoms with Crippen LogP contribution in [0.1, 0.15) is 13.8 Å². The first kappa shape index (κ1) is 36.9. The number of nitrogens with zero attached hydrogens (tertiary/aromatic N) is 4. The topological polar surface area (TPSA) is 269 Å². The molecule has 0 atom stereocenters. The SMILES string of the molecule is CCN(CC)S(=O)(=O)c1ccc(NNc2cc(OC)c(N=Nc3c(S(=O)(=O)O)cc4cc(S(=O)(=O)O)cc(N)c4c3N=O)cc2OC)cc1. The minimum Gasteiger partial charge on any atom is -0.494 e.